The van der Waals surface area contributed by atoms with Crippen LogP contribution in [0.5, 0.6) is 0 Å². The van der Waals surface area contributed by atoms with Crippen LogP contribution in [0.15, 0.2) is 6.20 Å². The molecule has 2 N–H and O–H groups in total. The van der Waals surface area contributed by atoms with Crippen molar-refractivity contribution in [3.8, 4) is 0 Å². The maximum atomic E-state index is 12.1. The Morgan fingerprint density at radius 3 is 2.81 bits per heavy atom. The summed E-state index contributed by atoms with van der Waals surface area (Å²) in [4.78, 5) is 16.9. The predicted molar refractivity (Wildman–Crippen MR) is 80.8 cm³/mol. The van der Waals surface area contributed by atoms with Gasteiger partial charge in [0.05, 0.1) is 17.9 Å². The molecule has 1 amide bonds. The zero-order valence-corrected chi connectivity index (χ0v) is 12.8. The number of piperazine rings is 1. The van der Waals surface area contributed by atoms with Crippen molar-refractivity contribution in [3.63, 3.8) is 0 Å². The number of aromatic amines is 1. The van der Waals surface area contributed by atoms with E-state index in [0.717, 1.165) is 58.5 Å². The Labute approximate surface area is 125 Å². The number of aromatic nitrogens is 2. The van der Waals surface area contributed by atoms with E-state index >= 15 is 0 Å². The number of H-pyrrole nitrogens is 1. The van der Waals surface area contributed by atoms with Gasteiger partial charge in [0.1, 0.15) is 0 Å². The smallest absolute Gasteiger partial charge is 0.237 e. The summed E-state index contributed by atoms with van der Waals surface area (Å²) in [5.41, 5.74) is 2.43. The van der Waals surface area contributed by atoms with Gasteiger partial charge in [-0.05, 0) is 31.7 Å². The fourth-order valence-electron chi connectivity index (χ4n) is 3.26. The van der Waals surface area contributed by atoms with Crippen LogP contribution in [0.4, 0.5) is 0 Å². The molecule has 2 fully saturated rings. The summed E-state index contributed by atoms with van der Waals surface area (Å²) in [5.74, 6) is 0.227. The van der Waals surface area contributed by atoms with E-state index in [1.807, 2.05) is 6.20 Å². The first-order chi connectivity index (χ1) is 10.2. The largest absolute Gasteiger partial charge is 0.355 e. The van der Waals surface area contributed by atoms with Gasteiger partial charge in [-0.15, -0.1) is 0 Å². The second-order valence-corrected chi connectivity index (χ2v) is 6.15. The van der Waals surface area contributed by atoms with Crippen LogP contribution in [0.2, 0.25) is 0 Å². The molecule has 1 aromatic heterocycles. The monoisotopic (exact) mass is 291 g/mol. The van der Waals surface area contributed by atoms with E-state index < -0.39 is 0 Å². The van der Waals surface area contributed by atoms with Gasteiger partial charge in [-0.1, -0.05) is 0 Å². The van der Waals surface area contributed by atoms with Gasteiger partial charge in [-0.2, -0.15) is 5.10 Å². The molecule has 116 valence electrons. The van der Waals surface area contributed by atoms with E-state index in [1.54, 1.807) is 0 Å². The molecule has 2 aliphatic heterocycles. The number of hydrogen-bond acceptors (Lipinski definition) is 4. The summed E-state index contributed by atoms with van der Waals surface area (Å²) < 4.78 is 0. The Bertz CT molecular complexity index is 478. The molecule has 0 aromatic carbocycles. The Hall–Kier alpha value is -1.40. The minimum absolute atomic E-state index is 0.0866. The van der Waals surface area contributed by atoms with Crippen molar-refractivity contribution >= 4 is 5.91 Å². The molecule has 21 heavy (non-hydrogen) atoms. The van der Waals surface area contributed by atoms with Crippen LogP contribution in [0.1, 0.15) is 30.5 Å². The Morgan fingerprint density at radius 2 is 2.10 bits per heavy atom. The van der Waals surface area contributed by atoms with Gasteiger partial charge < -0.3 is 5.32 Å². The van der Waals surface area contributed by atoms with Crippen LogP contribution in [-0.2, 0) is 11.3 Å². The second kappa shape index (κ2) is 6.58. The molecular weight excluding hydrogens is 266 g/mol. The summed E-state index contributed by atoms with van der Waals surface area (Å²) in [6.45, 7) is 7.84. The van der Waals surface area contributed by atoms with Crippen LogP contribution in [0.25, 0.3) is 0 Å². The number of carbonyl (C=O) groups is 1. The van der Waals surface area contributed by atoms with Gasteiger partial charge in [-0.25, -0.2) is 0 Å². The second-order valence-electron chi connectivity index (χ2n) is 6.15. The molecule has 6 nitrogen and oxygen atoms in total. The topological polar surface area (TPSA) is 64.3 Å². The zero-order valence-electron chi connectivity index (χ0n) is 12.8. The van der Waals surface area contributed by atoms with Crippen molar-refractivity contribution in [3.05, 3.63) is 17.5 Å². The standard InChI is InChI=1S/C15H25N5O/c1-12-10-17-18-13(12)11-19-6-8-20(9-7-19)14-4-2-3-5-16-15(14)21/h10,14H,2-9,11H2,1H3,(H,16,21)(H,17,18). The van der Waals surface area contributed by atoms with Crippen molar-refractivity contribution in [1.82, 2.24) is 25.3 Å². The molecule has 0 spiro atoms. The number of carbonyl (C=O) groups excluding carboxylic acids is 1. The van der Waals surface area contributed by atoms with E-state index in [-0.39, 0.29) is 11.9 Å². The number of hydrogen-bond donors (Lipinski definition) is 2. The van der Waals surface area contributed by atoms with Gasteiger partial charge in [0, 0.05) is 39.3 Å². The highest BCUT2D eigenvalue weighted by atomic mass is 16.2. The third-order valence-electron chi connectivity index (χ3n) is 4.67. The lowest BCUT2D eigenvalue weighted by molar-refractivity contribution is -0.126. The first-order valence-corrected chi connectivity index (χ1v) is 7.97. The highest BCUT2D eigenvalue weighted by Gasteiger charge is 2.29. The molecule has 0 saturated carbocycles. The summed E-state index contributed by atoms with van der Waals surface area (Å²) in [5, 5.41) is 10.2. The maximum Gasteiger partial charge on any atom is 0.237 e. The van der Waals surface area contributed by atoms with Gasteiger partial charge >= 0.3 is 0 Å². The maximum absolute atomic E-state index is 12.1. The lowest BCUT2D eigenvalue weighted by Crippen LogP contribution is -2.54. The van der Waals surface area contributed by atoms with Crippen LogP contribution in [-0.4, -0.2) is 64.7 Å². The minimum atomic E-state index is 0.0866. The number of nitrogens with one attached hydrogen (secondary N) is 2. The van der Waals surface area contributed by atoms with Crippen molar-refractivity contribution < 1.29 is 4.79 Å². The number of rotatable bonds is 3. The molecule has 1 unspecified atom stereocenters. The van der Waals surface area contributed by atoms with Gasteiger partial charge in [0.2, 0.25) is 5.91 Å². The van der Waals surface area contributed by atoms with Crippen molar-refractivity contribution in [2.24, 2.45) is 0 Å². The summed E-state index contributed by atoms with van der Waals surface area (Å²) in [6.07, 6.45) is 5.14. The van der Waals surface area contributed by atoms with Crippen molar-refractivity contribution in [1.29, 1.82) is 0 Å². The van der Waals surface area contributed by atoms with Crippen molar-refractivity contribution in [2.75, 3.05) is 32.7 Å². The molecular formula is C15H25N5O. The predicted octanol–water partition coefficient (Wildman–Crippen LogP) is 0.504. The fraction of sp³-hybridized carbons (Fsp3) is 0.733. The van der Waals surface area contributed by atoms with E-state index in [9.17, 15) is 4.79 Å². The molecule has 2 saturated heterocycles. The van der Waals surface area contributed by atoms with E-state index in [2.05, 4.69) is 32.2 Å². The molecule has 3 heterocycles. The third-order valence-corrected chi connectivity index (χ3v) is 4.67. The number of nitrogens with zero attached hydrogens (tertiary/aromatic N) is 3. The molecule has 6 heteroatoms. The quantitative estimate of drug-likeness (QED) is 0.851. The molecule has 1 atom stereocenters. The average Bonchev–Trinajstić information content (AvgIpc) is 2.76. The lowest BCUT2D eigenvalue weighted by Gasteiger charge is -2.38. The lowest BCUT2D eigenvalue weighted by atomic mass is 10.1. The molecule has 0 radical (unpaired) electrons. The molecule has 2 aliphatic rings. The zero-order chi connectivity index (χ0) is 14.7. The normalized spacial score (nSPS) is 25.6. The number of amides is 1. The van der Waals surface area contributed by atoms with Gasteiger partial charge in [0.25, 0.3) is 0 Å². The van der Waals surface area contributed by atoms with Crippen LogP contribution in [0.3, 0.4) is 0 Å². The summed E-state index contributed by atoms with van der Waals surface area (Å²) in [6, 6.07) is 0.0866. The fourth-order valence-corrected chi connectivity index (χ4v) is 3.26. The van der Waals surface area contributed by atoms with Crippen molar-refractivity contribution in [2.45, 2.75) is 38.8 Å². The summed E-state index contributed by atoms with van der Waals surface area (Å²) in [7, 11) is 0. The Kier molecular flexibility index (Phi) is 4.55. The summed E-state index contributed by atoms with van der Waals surface area (Å²) >= 11 is 0. The van der Waals surface area contributed by atoms with E-state index in [4.69, 9.17) is 0 Å². The van der Waals surface area contributed by atoms with Crippen LogP contribution < -0.4 is 5.32 Å². The third kappa shape index (κ3) is 3.44. The Morgan fingerprint density at radius 1 is 1.29 bits per heavy atom. The van der Waals surface area contributed by atoms with E-state index in [1.165, 1.54) is 11.3 Å². The van der Waals surface area contributed by atoms with E-state index in [0.29, 0.717) is 0 Å². The highest BCUT2D eigenvalue weighted by molar-refractivity contribution is 5.81. The highest BCUT2D eigenvalue weighted by Crippen LogP contribution is 2.16. The Balaban J connectivity index is 1.52. The first kappa shape index (κ1) is 14.5. The first-order valence-electron chi connectivity index (χ1n) is 7.97. The van der Waals surface area contributed by atoms with Gasteiger partial charge in [-0.3, -0.25) is 19.7 Å². The SMILES string of the molecule is Cc1cn[nH]c1CN1CCN(C2CCCCNC2=O)CC1. The number of aryl methyl sites for hydroxylation is 1. The molecule has 1 aromatic rings. The average molecular weight is 291 g/mol. The molecule has 0 bridgehead atoms. The van der Waals surface area contributed by atoms with Gasteiger partial charge in [0.15, 0.2) is 0 Å². The molecule has 0 aliphatic carbocycles. The molecule has 3 rings (SSSR count). The minimum Gasteiger partial charge on any atom is -0.355 e. The van der Waals surface area contributed by atoms with Crippen LogP contribution >= 0.6 is 0 Å². The van der Waals surface area contributed by atoms with Crippen LogP contribution in [0, 0.1) is 6.92 Å².